The Labute approximate surface area is 184 Å². The molecule has 1 aliphatic rings. The van der Waals surface area contributed by atoms with Crippen LogP contribution >= 0.6 is 0 Å². The summed E-state index contributed by atoms with van der Waals surface area (Å²) >= 11 is 0. The zero-order valence-electron chi connectivity index (χ0n) is 17.7. The summed E-state index contributed by atoms with van der Waals surface area (Å²) in [5.41, 5.74) is 1.70. The number of benzene rings is 2. The van der Waals surface area contributed by atoms with Crippen LogP contribution in [0.3, 0.4) is 0 Å². The number of anilines is 1. The number of nitrogens with zero attached hydrogens (tertiary/aromatic N) is 4. The van der Waals surface area contributed by atoms with Gasteiger partial charge in [0.05, 0.1) is 11.4 Å². The first-order valence-electron chi connectivity index (χ1n) is 10.5. The molecule has 4 rings (SSSR count). The van der Waals surface area contributed by atoms with Crippen molar-refractivity contribution in [2.75, 3.05) is 31.6 Å². The van der Waals surface area contributed by atoms with Crippen molar-refractivity contribution < 1.29 is 13.2 Å². The van der Waals surface area contributed by atoms with Gasteiger partial charge in [-0.2, -0.15) is 5.10 Å². The second-order valence-corrected chi connectivity index (χ2v) is 7.62. The van der Waals surface area contributed by atoms with Gasteiger partial charge in [-0.25, -0.2) is 17.9 Å². The van der Waals surface area contributed by atoms with Gasteiger partial charge < -0.3 is 15.5 Å². The highest BCUT2D eigenvalue weighted by Gasteiger charge is 2.27. The predicted octanol–water partition coefficient (Wildman–Crippen LogP) is 3.28. The molecule has 1 fully saturated rings. The van der Waals surface area contributed by atoms with Crippen LogP contribution in [0.15, 0.2) is 59.7 Å². The quantitative estimate of drug-likeness (QED) is 0.455. The summed E-state index contributed by atoms with van der Waals surface area (Å²) in [5.74, 6) is -0.751. The lowest BCUT2D eigenvalue weighted by molar-refractivity contribution is 0.576. The monoisotopic (exact) mass is 442 g/mol. The molecule has 9 heteroatoms. The van der Waals surface area contributed by atoms with Gasteiger partial charge in [-0.05, 0) is 48.9 Å². The maximum atomic E-state index is 14.1. The number of halogens is 3. The number of nitrogens with one attached hydrogen (secondary N) is 2. The molecule has 2 heterocycles. The molecule has 0 amide bonds. The average molecular weight is 442 g/mol. The summed E-state index contributed by atoms with van der Waals surface area (Å²) in [4.78, 5) is 5.96. The summed E-state index contributed by atoms with van der Waals surface area (Å²) in [6.07, 6.45) is 3.26. The molecular weight excluding hydrogens is 417 g/mol. The molecular formula is C23H25F3N6. The van der Waals surface area contributed by atoms with Gasteiger partial charge in [0.2, 0.25) is 0 Å². The number of rotatable bonds is 6. The van der Waals surface area contributed by atoms with E-state index in [2.05, 4.69) is 20.7 Å². The maximum Gasteiger partial charge on any atom is 0.191 e. The maximum absolute atomic E-state index is 14.1. The topological polar surface area (TPSA) is 57.5 Å². The van der Waals surface area contributed by atoms with E-state index in [1.54, 1.807) is 28.8 Å². The lowest BCUT2D eigenvalue weighted by Gasteiger charge is -2.21. The molecule has 0 bridgehead atoms. The summed E-state index contributed by atoms with van der Waals surface area (Å²) in [6, 6.07) is 12.0. The third kappa shape index (κ3) is 5.04. The highest BCUT2D eigenvalue weighted by molar-refractivity contribution is 5.80. The number of aromatic nitrogens is 2. The Morgan fingerprint density at radius 2 is 1.84 bits per heavy atom. The van der Waals surface area contributed by atoms with E-state index in [4.69, 9.17) is 0 Å². The van der Waals surface area contributed by atoms with E-state index in [0.29, 0.717) is 32.0 Å². The van der Waals surface area contributed by atoms with E-state index in [-0.39, 0.29) is 17.5 Å². The first-order valence-corrected chi connectivity index (χ1v) is 10.5. The van der Waals surface area contributed by atoms with E-state index in [9.17, 15) is 13.2 Å². The van der Waals surface area contributed by atoms with Crippen LogP contribution in [0.5, 0.6) is 0 Å². The molecule has 3 aromatic rings. The molecule has 2 aromatic carbocycles. The van der Waals surface area contributed by atoms with Gasteiger partial charge in [-0.15, -0.1) is 0 Å². The summed E-state index contributed by atoms with van der Waals surface area (Å²) < 4.78 is 42.9. The lowest BCUT2D eigenvalue weighted by Crippen LogP contribution is -2.45. The van der Waals surface area contributed by atoms with Crippen molar-refractivity contribution in [3.63, 3.8) is 0 Å². The Kier molecular flexibility index (Phi) is 6.63. The minimum Gasteiger partial charge on any atom is -0.365 e. The molecule has 2 N–H and O–H groups in total. The highest BCUT2D eigenvalue weighted by atomic mass is 19.1. The normalized spacial score (nSPS) is 16.4. The minimum absolute atomic E-state index is 0.0245. The largest absolute Gasteiger partial charge is 0.365 e. The number of para-hydroxylation sites is 1. The molecule has 32 heavy (non-hydrogen) atoms. The molecule has 6 nitrogen and oxygen atoms in total. The zero-order chi connectivity index (χ0) is 22.5. The van der Waals surface area contributed by atoms with Crippen molar-refractivity contribution in [2.24, 2.45) is 4.99 Å². The molecule has 1 atom stereocenters. The van der Waals surface area contributed by atoms with Crippen molar-refractivity contribution in [2.45, 2.75) is 18.9 Å². The minimum atomic E-state index is -0.548. The SMILES string of the molecule is CN=C(NCCc1ccn(-c2ccc(F)cc2)n1)NC1CCN(c2c(F)cccc2F)C1. The number of hydrogen-bond acceptors (Lipinski definition) is 3. The van der Waals surface area contributed by atoms with Crippen LogP contribution in [0.2, 0.25) is 0 Å². The van der Waals surface area contributed by atoms with Gasteiger partial charge in [0.25, 0.3) is 0 Å². The molecule has 0 radical (unpaired) electrons. The van der Waals surface area contributed by atoms with Gasteiger partial charge in [0.1, 0.15) is 23.1 Å². The Hall–Kier alpha value is -3.49. The van der Waals surface area contributed by atoms with Crippen LogP contribution in [0, 0.1) is 17.5 Å². The first kappa shape index (κ1) is 21.7. The molecule has 0 aliphatic carbocycles. The lowest BCUT2D eigenvalue weighted by atomic mass is 10.2. The zero-order valence-corrected chi connectivity index (χ0v) is 17.7. The van der Waals surface area contributed by atoms with Crippen molar-refractivity contribution >= 4 is 11.6 Å². The van der Waals surface area contributed by atoms with Crippen LogP contribution in [-0.2, 0) is 6.42 Å². The van der Waals surface area contributed by atoms with Crippen LogP contribution in [0.25, 0.3) is 5.69 Å². The molecule has 1 aromatic heterocycles. The van der Waals surface area contributed by atoms with Crippen molar-refractivity contribution in [1.82, 2.24) is 20.4 Å². The van der Waals surface area contributed by atoms with E-state index in [1.165, 1.54) is 30.3 Å². The second kappa shape index (κ2) is 9.76. The number of aliphatic imine (C=N–C) groups is 1. The smallest absolute Gasteiger partial charge is 0.191 e. The Bertz CT molecular complexity index is 1060. The van der Waals surface area contributed by atoms with E-state index in [0.717, 1.165) is 17.8 Å². The van der Waals surface area contributed by atoms with E-state index >= 15 is 0 Å². The van der Waals surface area contributed by atoms with Crippen LogP contribution < -0.4 is 15.5 Å². The van der Waals surface area contributed by atoms with E-state index in [1.807, 2.05) is 12.3 Å². The highest BCUT2D eigenvalue weighted by Crippen LogP contribution is 2.26. The van der Waals surface area contributed by atoms with Gasteiger partial charge >= 0.3 is 0 Å². The molecule has 1 aliphatic heterocycles. The van der Waals surface area contributed by atoms with Crippen molar-refractivity contribution in [3.05, 3.63) is 77.9 Å². The van der Waals surface area contributed by atoms with Gasteiger partial charge in [-0.3, -0.25) is 4.99 Å². The third-order valence-electron chi connectivity index (χ3n) is 5.42. The summed E-state index contributed by atoms with van der Waals surface area (Å²) in [5, 5.41) is 11.1. The number of hydrogen-bond donors (Lipinski definition) is 2. The molecule has 0 spiro atoms. The van der Waals surface area contributed by atoms with Crippen molar-refractivity contribution in [3.8, 4) is 5.69 Å². The molecule has 1 saturated heterocycles. The molecule has 168 valence electrons. The third-order valence-corrected chi connectivity index (χ3v) is 5.42. The Balaban J connectivity index is 1.27. The molecule has 1 unspecified atom stereocenters. The second-order valence-electron chi connectivity index (χ2n) is 7.62. The van der Waals surface area contributed by atoms with E-state index < -0.39 is 11.6 Å². The summed E-state index contributed by atoms with van der Waals surface area (Å²) in [7, 11) is 1.68. The average Bonchev–Trinajstić information content (AvgIpc) is 3.43. The Morgan fingerprint density at radius 1 is 1.09 bits per heavy atom. The van der Waals surface area contributed by atoms with Gasteiger partial charge in [0.15, 0.2) is 5.96 Å². The first-order chi connectivity index (χ1) is 15.5. The fourth-order valence-electron chi connectivity index (χ4n) is 3.80. The van der Waals surface area contributed by atoms with Crippen molar-refractivity contribution in [1.29, 1.82) is 0 Å². The predicted molar refractivity (Wildman–Crippen MR) is 119 cm³/mol. The fourth-order valence-corrected chi connectivity index (χ4v) is 3.80. The van der Waals surface area contributed by atoms with Crippen LogP contribution in [0.4, 0.5) is 18.9 Å². The summed E-state index contributed by atoms with van der Waals surface area (Å²) in [6.45, 7) is 1.66. The van der Waals surface area contributed by atoms with Crippen LogP contribution in [0.1, 0.15) is 12.1 Å². The fraction of sp³-hybridized carbons (Fsp3) is 0.304. The molecule has 0 saturated carbocycles. The van der Waals surface area contributed by atoms with Gasteiger partial charge in [0, 0.05) is 45.3 Å². The Morgan fingerprint density at radius 3 is 2.56 bits per heavy atom. The van der Waals surface area contributed by atoms with Crippen LogP contribution in [-0.4, -0.2) is 48.5 Å². The number of guanidine groups is 1. The standard InChI is InChI=1S/C23H25F3N6/c1-27-23(29-18-10-13-31(15-18)22-20(25)3-2-4-21(22)26)28-12-9-17-11-14-32(30-17)19-7-5-16(24)6-8-19/h2-8,11,14,18H,9-10,12-13,15H2,1H3,(H2,27,28,29). The van der Waals surface area contributed by atoms with Gasteiger partial charge in [-0.1, -0.05) is 6.07 Å².